The highest BCUT2D eigenvalue weighted by Crippen LogP contribution is 2.24. The third kappa shape index (κ3) is 6.25. The monoisotopic (exact) mass is 402 g/mol. The highest BCUT2D eigenvalue weighted by Gasteiger charge is 2.34. The highest BCUT2D eigenvalue weighted by atomic mass is 19.4. The summed E-state index contributed by atoms with van der Waals surface area (Å²) in [5, 5.41) is 5.62. The molecule has 2 fully saturated rings. The summed E-state index contributed by atoms with van der Waals surface area (Å²) < 4.78 is 50.2. The number of hydrogen-bond acceptors (Lipinski definition) is 3. The number of anilines is 1. The molecule has 0 aromatic heterocycles. The van der Waals surface area contributed by atoms with Gasteiger partial charge in [0.05, 0.1) is 6.54 Å². The summed E-state index contributed by atoms with van der Waals surface area (Å²) in [6.45, 7) is 2.45. The smallest absolute Gasteiger partial charge is 0.371 e. The predicted octanol–water partition coefficient (Wildman–Crippen LogP) is 2.84. The van der Waals surface area contributed by atoms with E-state index in [2.05, 4.69) is 15.5 Å². The van der Waals surface area contributed by atoms with Crippen LogP contribution in [-0.4, -0.2) is 62.9 Å². The molecule has 28 heavy (non-hydrogen) atoms. The van der Waals surface area contributed by atoms with Crippen molar-refractivity contribution in [3.05, 3.63) is 30.1 Å². The van der Waals surface area contributed by atoms with Gasteiger partial charge in [0.1, 0.15) is 5.82 Å². The van der Waals surface area contributed by atoms with E-state index in [1.807, 2.05) is 0 Å². The third-order valence-corrected chi connectivity index (χ3v) is 5.35. The fourth-order valence-electron chi connectivity index (χ4n) is 3.90. The van der Waals surface area contributed by atoms with Crippen LogP contribution in [0, 0.1) is 17.7 Å². The first-order valence-corrected chi connectivity index (χ1v) is 9.60. The second-order valence-corrected chi connectivity index (χ2v) is 7.67. The average molecular weight is 402 g/mol. The van der Waals surface area contributed by atoms with E-state index < -0.39 is 12.7 Å². The summed E-state index contributed by atoms with van der Waals surface area (Å²) in [6, 6.07) is 6.10. The molecule has 0 saturated carbocycles. The van der Waals surface area contributed by atoms with Crippen LogP contribution in [0.15, 0.2) is 24.3 Å². The minimum Gasteiger partial charge on any atom is -0.371 e. The highest BCUT2D eigenvalue weighted by molar-refractivity contribution is 5.73. The van der Waals surface area contributed by atoms with Crippen molar-refractivity contribution >= 4 is 11.7 Å². The Morgan fingerprint density at radius 3 is 2.25 bits per heavy atom. The summed E-state index contributed by atoms with van der Waals surface area (Å²) in [5.74, 6) is 0.0970. The van der Waals surface area contributed by atoms with Crippen molar-refractivity contribution in [1.82, 2.24) is 15.5 Å². The molecule has 2 aliphatic heterocycles. The maximum Gasteiger partial charge on any atom is 0.401 e. The zero-order valence-corrected chi connectivity index (χ0v) is 15.6. The Bertz CT molecular complexity index is 652. The first-order valence-electron chi connectivity index (χ1n) is 9.60. The molecule has 0 spiro atoms. The van der Waals surface area contributed by atoms with Crippen LogP contribution in [0.2, 0.25) is 0 Å². The molecule has 3 rings (SSSR count). The number of hydrogen-bond donors (Lipinski definition) is 2. The normalized spacial score (nSPS) is 23.2. The van der Waals surface area contributed by atoms with E-state index in [0.717, 1.165) is 25.2 Å². The number of urea groups is 1. The average Bonchev–Trinajstić information content (AvgIpc) is 3.27. The Balaban J connectivity index is 1.31. The van der Waals surface area contributed by atoms with E-state index in [1.165, 1.54) is 17.0 Å². The van der Waals surface area contributed by atoms with E-state index >= 15 is 0 Å². The summed E-state index contributed by atoms with van der Waals surface area (Å²) in [4.78, 5) is 15.5. The minimum absolute atomic E-state index is 0.0496. The zero-order chi connectivity index (χ0) is 20.1. The largest absolute Gasteiger partial charge is 0.401 e. The molecule has 1 aromatic rings. The first kappa shape index (κ1) is 20.7. The van der Waals surface area contributed by atoms with E-state index in [4.69, 9.17) is 0 Å². The van der Waals surface area contributed by atoms with Crippen LogP contribution in [-0.2, 0) is 0 Å². The van der Waals surface area contributed by atoms with Crippen LogP contribution >= 0.6 is 0 Å². The predicted molar refractivity (Wildman–Crippen MR) is 98.7 cm³/mol. The van der Waals surface area contributed by atoms with E-state index in [-0.39, 0.29) is 17.8 Å². The maximum atomic E-state index is 13.0. The summed E-state index contributed by atoms with van der Waals surface area (Å²) in [6.07, 6.45) is -2.58. The van der Waals surface area contributed by atoms with Gasteiger partial charge in [0, 0.05) is 38.4 Å². The van der Waals surface area contributed by atoms with Gasteiger partial charge in [-0.3, -0.25) is 4.90 Å². The quantitative estimate of drug-likeness (QED) is 0.720. The number of alkyl halides is 3. The zero-order valence-electron chi connectivity index (χ0n) is 15.6. The SMILES string of the molecule is O=C(NC[C@@H]1CCN(CC(F)(F)F)C1)NC[C@@H]1CCN(c2ccc(F)cc2)C1. The van der Waals surface area contributed by atoms with Crippen molar-refractivity contribution < 1.29 is 22.4 Å². The van der Waals surface area contributed by atoms with Crippen LogP contribution in [0.25, 0.3) is 0 Å². The molecule has 5 nitrogen and oxygen atoms in total. The van der Waals surface area contributed by atoms with Crippen LogP contribution in [0.1, 0.15) is 12.8 Å². The molecule has 1 aromatic carbocycles. The molecule has 9 heteroatoms. The standard InChI is InChI=1S/C19H26F4N4O/c20-16-1-3-17(4-2-16)27-8-6-15(12-27)10-25-18(28)24-9-14-5-7-26(11-14)13-19(21,22)23/h1-4,14-15H,5-13H2,(H2,24,25,28)/t14-,15-/m0/s1. The van der Waals surface area contributed by atoms with Crippen molar-refractivity contribution in [3.63, 3.8) is 0 Å². The summed E-state index contributed by atoms with van der Waals surface area (Å²) >= 11 is 0. The molecule has 0 radical (unpaired) electrons. The Morgan fingerprint density at radius 1 is 1.00 bits per heavy atom. The summed E-state index contributed by atoms with van der Waals surface area (Å²) in [7, 11) is 0. The number of benzene rings is 1. The second-order valence-electron chi connectivity index (χ2n) is 7.67. The van der Waals surface area contributed by atoms with E-state index in [0.29, 0.717) is 38.5 Å². The maximum absolute atomic E-state index is 13.0. The lowest BCUT2D eigenvalue weighted by atomic mass is 10.1. The number of carbonyl (C=O) groups excluding carboxylic acids is 1. The topological polar surface area (TPSA) is 47.6 Å². The number of rotatable bonds is 6. The van der Waals surface area contributed by atoms with Gasteiger partial charge in [-0.1, -0.05) is 0 Å². The Labute approximate surface area is 162 Å². The van der Waals surface area contributed by atoms with E-state index in [1.54, 1.807) is 12.1 Å². The molecular formula is C19H26F4N4O. The van der Waals surface area contributed by atoms with Gasteiger partial charge in [-0.05, 0) is 55.5 Å². The van der Waals surface area contributed by atoms with Crippen molar-refractivity contribution in [2.75, 3.05) is 50.7 Å². The molecule has 2 aliphatic rings. The summed E-state index contributed by atoms with van der Waals surface area (Å²) in [5.41, 5.74) is 0.970. The van der Waals surface area contributed by atoms with Gasteiger partial charge < -0.3 is 15.5 Å². The fraction of sp³-hybridized carbons (Fsp3) is 0.632. The van der Waals surface area contributed by atoms with Crippen LogP contribution in [0.4, 0.5) is 28.0 Å². The van der Waals surface area contributed by atoms with Gasteiger partial charge in [0.25, 0.3) is 0 Å². The van der Waals surface area contributed by atoms with Crippen LogP contribution < -0.4 is 15.5 Å². The molecule has 2 heterocycles. The van der Waals surface area contributed by atoms with Gasteiger partial charge >= 0.3 is 12.2 Å². The van der Waals surface area contributed by atoms with Crippen molar-refractivity contribution in [2.24, 2.45) is 11.8 Å². The van der Waals surface area contributed by atoms with Gasteiger partial charge in [-0.25, -0.2) is 9.18 Å². The van der Waals surface area contributed by atoms with Crippen LogP contribution in [0.5, 0.6) is 0 Å². The Morgan fingerprint density at radius 2 is 1.61 bits per heavy atom. The van der Waals surface area contributed by atoms with E-state index in [9.17, 15) is 22.4 Å². The number of halogens is 4. The Kier molecular flexibility index (Phi) is 6.64. The molecular weight excluding hydrogens is 376 g/mol. The molecule has 2 N–H and O–H groups in total. The molecule has 156 valence electrons. The van der Waals surface area contributed by atoms with Gasteiger partial charge in [-0.2, -0.15) is 13.2 Å². The molecule has 0 unspecified atom stereocenters. The molecule has 0 aliphatic carbocycles. The third-order valence-electron chi connectivity index (χ3n) is 5.35. The van der Waals surface area contributed by atoms with Gasteiger partial charge in [0.2, 0.25) is 0 Å². The fourth-order valence-corrected chi connectivity index (χ4v) is 3.90. The number of nitrogens with one attached hydrogen (secondary N) is 2. The van der Waals surface area contributed by atoms with Crippen molar-refractivity contribution in [2.45, 2.75) is 19.0 Å². The first-order chi connectivity index (χ1) is 13.3. The second kappa shape index (κ2) is 8.98. The molecule has 2 atom stereocenters. The van der Waals surface area contributed by atoms with Gasteiger partial charge in [-0.15, -0.1) is 0 Å². The Hall–Kier alpha value is -2.03. The van der Waals surface area contributed by atoms with Gasteiger partial charge in [0.15, 0.2) is 0 Å². The molecule has 0 bridgehead atoms. The molecule has 2 amide bonds. The number of nitrogens with zero attached hydrogens (tertiary/aromatic N) is 2. The lowest BCUT2D eigenvalue weighted by Gasteiger charge is -2.19. The minimum atomic E-state index is -4.18. The molecule has 2 saturated heterocycles. The number of amides is 2. The van der Waals surface area contributed by atoms with Crippen molar-refractivity contribution in [1.29, 1.82) is 0 Å². The number of likely N-dealkylation sites (tertiary alicyclic amines) is 1. The number of carbonyl (C=O) groups is 1. The van der Waals surface area contributed by atoms with Crippen molar-refractivity contribution in [3.8, 4) is 0 Å². The van der Waals surface area contributed by atoms with Crippen LogP contribution in [0.3, 0.4) is 0 Å². The lowest BCUT2D eigenvalue weighted by molar-refractivity contribution is -0.143. The lowest BCUT2D eigenvalue weighted by Crippen LogP contribution is -2.41.